The molecule has 0 aromatic heterocycles. The highest BCUT2D eigenvalue weighted by Crippen LogP contribution is 2.16. The molecule has 0 amide bonds. The molecule has 0 aromatic rings. The molecule has 0 radical (unpaired) electrons. The summed E-state index contributed by atoms with van der Waals surface area (Å²) in [5, 5.41) is 3.61. The van der Waals surface area contributed by atoms with E-state index in [0.29, 0.717) is 0 Å². The average molecular weight is 255 g/mol. The zero-order chi connectivity index (χ0) is 12.8. The molecule has 2 aliphatic heterocycles. The first-order valence-electron chi connectivity index (χ1n) is 7.55. The summed E-state index contributed by atoms with van der Waals surface area (Å²) in [6, 6.07) is 0.731. The number of morpholine rings is 1. The second-order valence-corrected chi connectivity index (χ2v) is 5.68. The van der Waals surface area contributed by atoms with Gasteiger partial charge in [-0.1, -0.05) is 13.8 Å². The minimum Gasteiger partial charge on any atom is -0.379 e. The molecule has 1 N–H and O–H groups in total. The van der Waals surface area contributed by atoms with Crippen molar-refractivity contribution in [1.29, 1.82) is 0 Å². The molecule has 106 valence electrons. The van der Waals surface area contributed by atoms with Crippen molar-refractivity contribution in [3.05, 3.63) is 0 Å². The van der Waals surface area contributed by atoms with Gasteiger partial charge in [0.2, 0.25) is 0 Å². The fourth-order valence-corrected chi connectivity index (χ4v) is 3.11. The van der Waals surface area contributed by atoms with E-state index in [4.69, 9.17) is 4.74 Å². The van der Waals surface area contributed by atoms with Crippen LogP contribution in [-0.4, -0.2) is 74.9 Å². The highest BCUT2D eigenvalue weighted by atomic mass is 16.5. The van der Waals surface area contributed by atoms with Crippen molar-refractivity contribution in [3.63, 3.8) is 0 Å². The van der Waals surface area contributed by atoms with Crippen LogP contribution in [0.5, 0.6) is 0 Å². The molecule has 0 saturated carbocycles. The van der Waals surface area contributed by atoms with E-state index in [0.717, 1.165) is 44.8 Å². The van der Waals surface area contributed by atoms with Gasteiger partial charge in [0, 0.05) is 38.8 Å². The molecule has 4 nitrogen and oxygen atoms in total. The van der Waals surface area contributed by atoms with Crippen LogP contribution < -0.4 is 5.32 Å². The molecule has 0 bridgehead atoms. The Morgan fingerprint density at radius 2 is 1.83 bits per heavy atom. The standard InChI is InChI=1S/C14H29N3O/c1-3-15-14-4-5-17(12-13(14)2)7-6-16-8-10-18-11-9-16/h13-15H,3-12H2,1-2H3. The maximum absolute atomic E-state index is 5.39. The van der Waals surface area contributed by atoms with E-state index in [2.05, 4.69) is 29.0 Å². The lowest BCUT2D eigenvalue weighted by Gasteiger charge is -2.38. The van der Waals surface area contributed by atoms with Gasteiger partial charge in [0.15, 0.2) is 0 Å². The Kier molecular flexibility index (Phi) is 5.89. The molecule has 2 heterocycles. The molecule has 2 saturated heterocycles. The number of nitrogens with one attached hydrogen (secondary N) is 1. The Labute approximate surface area is 112 Å². The zero-order valence-corrected chi connectivity index (χ0v) is 12.0. The van der Waals surface area contributed by atoms with E-state index >= 15 is 0 Å². The van der Waals surface area contributed by atoms with E-state index in [1.165, 1.54) is 32.6 Å². The maximum atomic E-state index is 5.39. The van der Waals surface area contributed by atoms with Gasteiger partial charge in [-0.3, -0.25) is 4.90 Å². The summed E-state index contributed by atoms with van der Waals surface area (Å²) in [6.45, 7) is 14.7. The van der Waals surface area contributed by atoms with Crippen LogP contribution >= 0.6 is 0 Å². The van der Waals surface area contributed by atoms with Gasteiger partial charge in [-0.05, 0) is 25.4 Å². The Bertz CT molecular complexity index is 231. The largest absolute Gasteiger partial charge is 0.379 e. The van der Waals surface area contributed by atoms with Crippen molar-refractivity contribution in [1.82, 2.24) is 15.1 Å². The lowest BCUT2D eigenvalue weighted by molar-refractivity contribution is 0.0300. The minimum atomic E-state index is 0.731. The van der Waals surface area contributed by atoms with Crippen LogP contribution in [0.3, 0.4) is 0 Å². The van der Waals surface area contributed by atoms with Crippen molar-refractivity contribution >= 4 is 0 Å². The zero-order valence-electron chi connectivity index (χ0n) is 12.0. The van der Waals surface area contributed by atoms with Gasteiger partial charge in [0.25, 0.3) is 0 Å². The topological polar surface area (TPSA) is 27.7 Å². The van der Waals surface area contributed by atoms with Gasteiger partial charge >= 0.3 is 0 Å². The van der Waals surface area contributed by atoms with Crippen LogP contribution in [0.25, 0.3) is 0 Å². The number of hydrogen-bond acceptors (Lipinski definition) is 4. The fraction of sp³-hybridized carbons (Fsp3) is 1.00. The number of nitrogens with zero attached hydrogens (tertiary/aromatic N) is 2. The van der Waals surface area contributed by atoms with Gasteiger partial charge in [-0.15, -0.1) is 0 Å². The van der Waals surface area contributed by atoms with Crippen LogP contribution in [0.15, 0.2) is 0 Å². The van der Waals surface area contributed by atoms with Crippen molar-refractivity contribution in [2.24, 2.45) is 5.92 Å². The Hall–Kier alpha value is -0.160. The van der Waals surface area contributed by atoms with Crippen LogP contribution in [0, 0.1) is 5.92 Å². The molecule has 4 heteroatoms. The highest BCUT2D eigenvalue weighted by Gasteiger charge is 2.25. The van der Waals surface area contributed by atoms with Gasteiger partial charge in [0.05, 0.1) is 13.2 Å². The van der Waals surface area contributed by atoms with Crippen molar-refractivity contribution in [2.45, 2.75) is 26.3 Å². The molecule has 2 aliphatic rings. The molecular weight excluding hydrogens is 226 g/mol. The first-order chi connectivity index (χ1) is 8.79. The van der Waals surface area contributed by atoms with Crippen molar-refractivity contribution in [3.8, 4) is 0 Å². The molecule has 2 unspecified atom stereocenters. The van der Waals surface area contributed by atoms with Crippen LogP contribution in [0.1, 0.15) is 20.3 Å². The van der Waals surface area contributed by atoms with Crippen molar-refractivity contribution in [2.75, 3.05) is 59.0 Å². The molecule has 2 fully saturated rings. The number of hydrogen-bond donors (Lipinski definition) is 1. The third-order valence-corrected chi connectivity index (χ3v) is 4.29. The van der Waals surface area contributed by atoms with Gasteiger partial charge < -0.3 is 15.0 Å². The summed E-state index contributed by atoms with van der Waals surface area (Å²) in [7, 11) is 0. The van der Waals surface area contributed by atoms with Gasteiger partial charge in [0.1, 0.15) is 0 Å². The van der Waals surface area contributed by atoms with Crippen molar-refractivity contribution < 1.29 is 4.74 Å². The Morgan fingerprint density at radius 1 is 1.11 bits per heavy atom. The number of piperidine rings is 1. The Morgan fingerprint density at radius 3 is 2.50 bits per heavy atom. The lowest BCUT2D eigenvalue weighted by atomic mass is 9.94. The van der Waals surface area contributed by atoms with E-state index in [1.54, 1.807) is 0 Å². The second-order valence-electron chi connectivity index (χ2n) is 5.68. The summed E-state index contributed by atoms with van der Waals surface area (Å²) in [6.07, 6.45) is 1.30. The molecule has 18 heavy (non-hydrogen) atoms. The van der Waals surface area contributed by atoms with Gasteiger partial charge in [-0.2, -0.15) is 0 Å². The summed E-state index contributed by atoms with van der Waals surface area (Å²) in [5.41, 5.74) is 0. The molecule has 2 atom stereocenters. The van der Waals surface area contributed by atoms with E-state index < -0.39 is 0 Å². The third kappa shape index (κ3) is 4.19. The summed E-state index contributed by atoms with van der Waals surface area (Å²) in [5.74, 6) is 0.781. The lowest BCUT2D eigenvalue weighted by Crippen LogP contribution is -2.50. The quantitative estimate of drug-likeness (QED) is 0.780. The molecule has 2 rings (SSSR count). The predicted molar refractivity (Wildman–Crippen MR) is 74.9 cm³/mol. The average Bonchev–Trinajstić information content (AvgIpc) is 2.41. The monoisotopic (exact) mass is 255 g/mol. The Balaban J connectivity index is 1.65. The minimum absolute atomic E-state index is 0.731. The SMILES string of the molecule is CCNC1CCN(CCN2CCOCC2)CC1C. The number of rotatable bonds is 5. The molecule has 0 spiro atoms. The molecule has 0 aliphatic carbocycles. The van der Waals surface area contributed by atoms with Crippen LogP contribution in [-0.2, 0) is 4.74 Å². The first-order valence-corrected chi connectivity index (χ1v) is 7.55. The summed E-state index contributed by atoms with van der Waals surface area (Å²) in [4.78, 5) is 5.17. The van der Waals surface area contributed by atoms with E-state index in [1.807, 2.05) is 0 Å². The number of ether oxygens (including phenoxy) is 1. The predicted octanol–water partition coefficient (Wildman–Crippen LogP) is 0.639. The van der Waals surface area contributed by atoms with Gasteiger partial charge in [-0.25, -0.2) is 0 Å². The summed E-state index contributed by atoms with van der Waals surface area (Å²) < 4.78 is 5.39. The highest BCUT2D eigenvalue weighted by molar-refractivity contribution is 4.82. The van der Waals surface area contributed by atoms with E-state index in [9.17, 15) is 0 Å². The fourth-order valence-electron chi connectivity index (χ4n) is 3.11. The maximum Gasteiger partial charge on any atom is 0.0594 e. The third-order valence-electron chi connectivity index (χ3n) is 4.29. The molecular formula is C14H29N3O. The second kappa shape index (κ2) is 7.43. The molecule has 0 aromatic carbocycles. The van der Waals surface area contributed by atoms with E-state index in [-0.39, 0.29) is 0 Å². The van der Waals surface area contributed by atoms with Crippen LogP contribution in [0.2, 0.25) is 0 Å². The first kappa shape index (κ1) is 14.3. The smallest absolute Gasteiger partial charge is 0.0594 e. The number of likely N-dealkylation sites (tertiary alicyclic amines) is 1. The van der Waals surface area contributed by atoms with Crippen LogP contribution in [0.4, 0.5) is 0 Å². The summed E-state index contributed by atoms with van der Waals surface area (Å²) >= 11 is 0. The normalized spacial score (nSPS) is 31.7.